The summed E-state index contributed by atoms with van der Waals surface area (Å²) in [6.45, 7) is 0. The van der Waals surface area contributed by atoms with Crippen molar-refractivity contribution in [1.29, 1.82) is 0 Å². The maximum atomic E-state index is 12.8. The Morgan fingerprint density at radius 3 is 1.56 bits per heavy atom. The van der Waals surface area contributed by atoms with E-state index in [-0.39, 0.29) is 0 Å². The number of aromatic nitrogens is 10. The molecule has 15 heteroatoms. The normalized spacial score (nSPS) is 9.77. The highest BCUT2D eigenvalue weighted by molar-refractivity contribution is 9.10. The zero-order valence-electron chi connectivity index (χ0n) is 21.5. The zero-order valence-corrected chi connectivity index (χ0v) is 24.6. The SMILES string of the molecule is Brc1ncccn1.C#Cc1cnn(-c2ccc(F)nc2)c1Cl.Fc1ccc(-n2ncc(C#Cc3ncccn3)c2Cl)cn1. The monoisotopic (exact) mass is 678 g/mol. The zero-order chi connectivity index (χ0) is 30.6. The standard InChI is InChI=1S/C14H7ClFN5.C10H5ClFN3.C4H3BrN2/c15-14-10(2-5-13-17-6-1-7-18-13)8-20-21(14)11-3-4-12(16)19-9-11;1-2-7-5-14-15(10(7)11)8-3-4-9(12)13-6-8;5-4-6-2-1-3-7-4/h1,3-4,6-9H;1,3-6H;1-3H. The second-order valence-corrected chi connectivity index (χ2v) is 9.11. The summed E-state index contributed by atoms with van der Waals surface area (Å²) in [5.41, 5.74) is 2.11. The number of rotatable bonds is 2. The highest BCUT2D eigenvalue weighted by Crippen LogP contribution is 2.20. The molecular weight excluding hydrogens is 665 g/mol. The summed E-state index contributed by atoms with van der Waals surface area (Å²) in [4.78, 5) is 22.6. The van der Waals surface area contributed by atoms with Crippen molar-refractivity contribution in [3.05, 3.63) is 130 Å². The molecule has 0 fully saturated rings. The number of halogens is 5. The van der Waals surface area contributed by atoms with E-state index in [9.17, 15) is 8.78 Å². The van der Waals surface area contributed by atoms with E-state index >= 15 is 0 Å². The summed E-state index contributed by atoms with van der Waals surface area (Å²) >= 11 is 15.2. The molecular formula is C28H15BrCl2F2N10. The molecule has 0 aliphatic rings. The lowest BCUT2D eigenvalue weighted by atomic mass is 10.3. The predicted molar refractivity (Wildman–Crippen MR) is 158 cm³/mol. The molecule has 6 heterocycles. The van der Waals surface area contributed by atoms with Gasteiger partial charge in [0.25, 0.3) is 0 Å². The lowest BCUT2D eigenvalue weighted by molar-refractivity contribution is 0.582. The Balaban J connectivity index is 0.000000167. The Labute approximate surface area is 262 Å². The van der Waals surface area contributed by atoms with Crippen LogP contribution in [0.3, 0.4) is 0 Å². The van der Waals surface area contributed by atoms with Gasteiger partial charge in [-0.15, -0.1) is 6.42 Å². The van der Waals surface area contributed by atoms with Gasteiger partial charge in [0.15, 0.2) is 4.73 Å². The van der Waals surface area contributed by atoms with Gasteiger partial charge < -0.3 is 0 Å². The van der Waals surface area contributed by atoms with Crippen LogP contribution in [-0.4, -0.2) is 49.5 Å². The summed E-state index contributed by atoms with van der Waals surface area (Å²) in [6.07, 6.45) is 17.4. The van der Waals surface area contributed by atoms with E-state index in [1.54, 1.807) is 36.9 Å². The molecule has 0 amide bonds. The average molecular weight is 680 g/mol. The fourth-order valence-corrected chi connectivity index (χ4v) is 3.68. The number of hydrogen-bond acceptors (Lipinski definition) is 8. The van der Waals surface area contributed by atoms with Crippen LogP contribution >= 0.6 is 39.1 Å². The van der Waals surface area contributed by atoms with Gasteiger partial charge in [0, 0.05) is 24.8 Å². The van der Waals surface area contributed by atoms with Gasteiger partial charge >= 0.3 is 0 Å². The van der Waals surface area contributed by atoms with Crippen molar-refractivity contribution in [3.63, 3.8) is 0 Å². The molecule has 0 saturated heterocycles. The van der Waals surface area contributed by atoms with E-state index in [4.69, 9.17) is 29.6 Å². The van der Waals surface area contributed by atoms with Gasteiger partial charge in [-0.05, 0) is 58.2 Å². The smallest absolute Gasteiger partial charge is 0.212 e. The van der Waals surface area contributed by atoms with Gasteiger partial charge in [0.05, 0.1) is 47.3 Å². The lowest BCUT2D eigenvalue weighted by Gasteiger charge is -2.01. The number of pyridine rings is 2. The molecule has 0 radical (unpaired) electrons. The van der Waals surface area contributed by atoms with Gasteiger partial charge in [0.1, 0.15) is 10.3 Å². The minimum absolute atomic E-state index is 0.311. The highest BCUT2D eigenvalue weighted by atomic mass is 79.9. The first-order valence-electron chi connectivity index (χ1n) is 11.7. The molecule has 212 valence electrons. The molecule has 0 atom stereocenters. The van der Waals surface area contributed by atoms with E-state index in [0.717, 1.165) is 0 Å². The lowest BCUT2D eigenvalue weighted by Crippen LogP contribution is -1.97. The van der Waals surface area contributed by atoms with Crippen LogP contribution in [0.4, 0.5) is 8.78 Å². The second kappa shape index (κ2) is 15.2. The molecule has 6 rings (SSSR count). The fourth-order valence-electron chi connectivity index (χ4n) is 2.96. The minimum Gasteiger partial charge on any atom is -0.231 e. The van der Waals surface area contributed by atoms with Crippen molar-refractivity contribution in [2.45, 2.75) is 0 Å². The fraction of sp³-hybridized carbons (Fsp3) is 0. The van der Waals surface area contributed by atoms with Gasteiger partial charge in [-0.3, -0.25) is 0 Å². The van der Waals surface area contributed by atoms with Crippen LogP contribution in [0.15, 0.2) is 90.7 Å². The Bertz CT molecular complexity index is 1880. The number of terminal acetylenes is 1. The van der Waals surface area contributed by atoms with Gasteiger partial charge in [0.2, 0.25) is 17.7 Å². The van der Waals surface area contributed by atoms with E-state index in [1.807, 2.05) is 0 Å². The second-order valence-electron chi connectivity index (χ2n) is 7.68. The molecule has 6 aromatic rings. The molecule has 0 aromatic carbocycles. The molecule has 0 saturated carbocycles. The van der Waals surface area contributed by atoms with Crippen molar-refractivity contribution in [2.24, 2.45) is 0 Å². The summed E-state index contributed by atoms with van der Waals surface area (Å²) < 4.78 is 28.8. The Morgan fingerprint density at radius 1 is 0.651 bits per heavy atom. The van der Waals surface area contributed by atoms with E-state index in [1.165, 1.54) is 58.4 Å². The van der Waals surface area contributed by atoms with E-state index < -0.39 is 11.9 Å². The van der Waals surface area contributed by atoms with Crippen LogP contribution in [0.2, 0.25) is 10.3 Å². The Hall–Kier alpha value is -5.08. The third kappa shape index (κ3) is 8.70. The predicted octanol–water partition coefficient (Wildman–Crippen LogP) is 5.53. The van der Waals surface area contributed by atoms with Crippen molar-refractivity contribution < 1.29 is 8.78 Å². The Morgan fingerprint density at radius 2 is 1.14 bits per heavy atom. The quantitative estimate of drug-likeness (QED) is 0.133. The third-order valence-electron chi connectivity index (χ3n) is 4.90. The maximum Gasteiger partial charge on any atom is 0.212 e. The summed E-state index contributed by atoms with van der Waals surface area (Å²) in [7, 11) is 0. The molecule has 0 bridgehead atoms. The highest BCUT2D eigenvalue weighted by Gasteiger charge is 2.10. The first-order chi connectivity index (χ1) is 20.9. The first-order valence-corrected chi connectivity index (χ1v) is 13.3. The van der Waals surface area contributed by atoms with Crippen molar-refractivity contribution in [1.82, 2.24) is 49.5 Å². The van der Waals surface area contributed by atoms with Gasteiger partial charge in [-0.25, -0.2) is 39.3 Å². The first kappa shape index (κ1) is 30.9. The van der Waals surface area contributed by atoms with Crippen molar-refractivity contribution in [2.75, 3.05) is 0 Å². The number of nitrogens with zero attached hydrogens (tertiary/aromatic N) is 10. The maximum absolute atomic E-state index is 12.8. The topological polar surface area (TPSA) is 113 Å². The molecule has 0 aliphatic carbocycles. The van der Waals surface area contributed by atoms with Crippen LogP contribution in [0.1, 0.15) is 17.0 Å². The molecule has 0 unspecified atom stereocenters. The van der Waals surface area contributed by atoms with Crippen molar-refractivity contribution >= 4 is 39.1 Å². The molecule has 10 nitrogen and oxygen atoms in total. The van der Waals surface area contributed by atoms with Gasteiger partial charge in [-0.1, -0.05) is 35.0 Å². The molecule has 0 aliphatic heterocycles. The number of hydrogen-bond donors (Lipinski definition) is 0. The van der Waals surface area contributed by atoms with Crippen molar-refractivity contribution in [3.8, 4) is 35.6 Å². The van der Waals surface area contributed by atoms with Crippen LogP contribution in [0.5, 0.6) is 0 Å². The molecule has 6 aromatic heterocycles. The summed E-state index contributed by atoms with van der Waals surface area (Å²) in [5, 5.41) is 8.70. The molecule has 0 N–H and O–H groups in total. The van der Waals surface area contributed by atoms with Crippen LogP contribution < -0.4 is 0 Å². The largest absolute Gasteiger partial charge is 0.231 e. The van der Waals surface area contributed by atoms with E-state index in [2.05, 4.69) is 73.8 Å². The molecule has 43 heavy (non-hydrogen) atoms. The minimum atomic E-state index is -0.566. The molecule has 0 spiro atoms. The Kier molecular flexibility index (Phi) is 10.9. The van der Waals surface area contributed by atoms with Crippen LogP contribution in [0.25, 0.3) is 11.4 Å². The van der Waals surface area contributed by atoms with E-state index in [0.29, 0.717) is 43.4 Å². The third-order valence-corrected chi connectivity index (χ3v) is 6.04. The summed E-state index contributed by atoms with van der Waals surface area (Å²) in [5.74, 6) is 7.29. The van der Waals surface area contributed by atoms with Gasteiger partial charge in [-0.2, -0.15) is 19.0 Å². The summed E-state index contributed by atoms with van der Waals surface area (Å²) in [6, 6.07) is 8.97. The van der Waals surface area contributed by atoms with Crippen LogP contribution in [-0.2, 0) is 0 Å². The van der Waals surface area contributed by atoms with Crippen LogP contribution in [0, 0.1) is 36.1 Å². The average Bonchev–Trinajstić information content (AvgIpc) is 3.60.